The summed E-state index contributed by atoms with van der Waals surface area (Å²) < 4.78 is 1.72. The fourth-order valence-electron chi connectivity index (χ4n) is 4.28. The Labute approximate surface area is 199 Å². The van der Waals surface area contributed by atoms with Crippen molar-refractivity contribution in [3.8, 4) is 5.69 Å². The van der Waals surface area contributed by atoms with Crippen LogP contribution in [0.5, 0.6) is 0 Å². The van der Waals surface area contributed by atoms with Gasteiger partial charge in [-0.3, -0.25) is 19.5 Å². The second-order valence-electron chi connectivity index (χ2n) is 8.41. The summed E-state index contributed by atoms with van der Waals surface area (Å²) in [6, 6.07) is 12.6. The van der Waals surface area contributed by atoms with Crippen molar-refractivity contribution in [3.63, 3.8) is 0 Å². The minimum absolute atomic E-state index is 0.0239. The number of thioether (sulfide) groups is 1. The zero-order valence-corrected chi connectivity index (χ0v) is 20.1. The second kappa shape index (κ2) is 8.76. The quantitative estimate of drug-likeness (QED) is 0.149. The van der Waals surface area contributed by atoms with E-state index in [0.29, 0.717) is 10.9 Å². The Kier molecular flexibility index (Phi) is 5.80. The first-order valence-electron chi connectivity index (χ1n) is 10.9. The third kappa shape index (κ3) is 4.09. The van der Waals surface area contributed by atoms with Crippen molar-refractivity contribution in [2.75, 3.05) is 0 Å². The molecular formula is C25H23N3O3S2. The van der Waals surface area contributed by atoms with Crippen molar-refractivity contribution in [1.29, 1.82) is 0 Å². The van der Waals surface area contributed by atoms with E-state index in [0.717, 1.165) is 52.7 Å². The highest BCUT2D eigenvalue weighted by atomic mass is 32.2. The Morgan fingerprint density at radius 1 is 1.12 bits per heavy atom. The molecule has 33 heavy (non-hydrogen) atoms. The van der Waals surface area contributed by atoms with Crippen LogP contribution < -0.4 is 5.56 Å². The Morgan fingerprint density at radius 2 is 1.94 bits per heavy atom. The van der Waals surface area contributed by atoms with Gasteiger partial charge in [-0.05, 0) is 73.9 Å². The maximum absolute atomic E-state index is 13.9. The molecule has 0 spiro atoms. The van der Waals surface area contributed by atoms with E-state index in [9.17, 15) is 14.9 Å². The lowest BCUT2D eigenvalue weighted by Crippen LogP contribution is -2.22. The van der Waals surface area contributed by atoms with Gasteiger partial charge in [0.25, 0.3) is 11.2 Å². The van der Waals surface area contributed by atoms with Crippen LogP contribution in [0.15, 0.2) is 52.4 Å². The molecule has 0 aliphatic heterocycles. The summed E-state index contributed by atoms with van der Waals surface area (Å²) in [6.07, 6.45) is 4.19. The molecule has 0 saturated carbocycles. The van der Waals surface area contributed by atoms with Crippen molar-refractivity contribution in [2.24, 2.45) is 0 Å². The first-order valence-corrected chi connectivity index (χ1v) is 12.7. The molecule has 1 aliphatic carbocycles. The predicted molar refractivity (Wildman–Crippen MR) is 134 cm³/mol. The van der Waals surface area contributed by atoms with E-state index in [2.05, 4.69) is 6.92 Å². The summed E-state index contributed by atoms with van der Waals surface area (Å²) in [5, 5.41) is 12.5. The summed E-state index contributed by atoms with van der Waals surface area (Å²) in [7, 11) is 0. The third-order valence-corrected chi connectivity index (χ3v) is 8.39. The van der Waals surface area contributed by atoms with Crippen LogP contribution >= 0.6 is 23.1 Å². The number of thiophene rings is 1. The summed E-state index contributed by atoms with van der Waals surface area (Å²) >= 11 is 3.07. The largest absolute Gasteiger partial charge is 0.269 e. The van der Waals surface area contributed by atoms with E-state index in [1.807, 2.05) is 31.2 Å². The van der Waals surface area contributed by atoms with E-state index < -0.39 is 0 Å². The van der Waals surface area contributed by atoms with Gasteiger partial charge in [0.05, 0.1) is 16.0 Å². The summed E-state index contributed by atoms with van der Waals surface area (Å²) in [5.74, 6) is 0.482. The van der Waals surface area contributed by atoms with Crippen LogP contribution in [0.3, 0.4) is 0 Å². The lowest BCUT2D eigenvalue weighted by molar-refractivity contribution is -0.384. The molecule has 4 aromatic rings. The summed E-state index contributed by atoms with van der Waals surface area (Å²) in [5.41, 5.74) is 5.11. The Bertz CT molecular complexity index is 1460. The monoisotopic (exact) mass is 477 g/mol. The van der Waals surface area contributed by atoms with Crippen LogP contribution in [0.4, 0.5) is 5.69 Å². The van der Waals surface area contributed by atoms with Crippen LogP contribution in [0.1, 0.15) is 40.0 Å². The highest BCUT2D eigenvalue weighted by molar-refractivity contribution is 7.98. The normalized spacial score (nSPS) is 13.3. The highest BCUT2D eigenvalue weighted by Gasteiger charge is 2.23. The van der Waals surface area contributed by atoms with E-state index in [1.54, 1.807) is 28.0 Å². The topological polar surface area (TPSA) is 78.0 Å². The van der Waals surface area contributed by atoms with Gasteiger partial charge in [0.1, 0.15) is 4.83 Å². The molecule has 0 atom stereocenters. The summed E-state index contributed by atoms with van der Waals surface area (Å²) in [4.78, 5) is 31.7. The fourth-order valence-corrected chi connectivity index (χ4v) is 6.54. The molecule has 0 unspecified atom stereocenters. The zero-order chi connectivity index (χ0) is 23.1. The number of non-ortho nitro benzene ring substituents is 1. The fraction of sp³-hybridized carbons (Fsp3) is 0.280. The van der Waals surface area contributed by atoms with Crippen molar-refractivity contribution in [3.05, 3.63) is 90.1 Å². The van der Waals surface area contributed by atoms with Gasteiger partial charge in [-0.2, -0.15) is 0 Å². The number of fused-ring (bicyclic) bond motifs is 3. The molecule has 1 aliphatic rings. The van der Waals surface area contributed by atoms with Crippen molar-refractivity contribution in [1.82, 2.24) is 9.55 Å². The van der Waals surface area contributed by atoms with Gasteiger partial charge in [0.2, 0.25) is 0 Å². The van der Waals surface area contributed by atoms with Crippen molar-refractivity contribution >= 4 is 39.0 Å². The molecular weight excluding hydrogens is 454 g/mol. The number of benzene rings is 2. The predicted octanol–water partition coefficient (Wildman–Crippen LogP) is 6.14. The first-order chi connectivity index (χ1) is 15.9. The van der Waals surface area contributed by atoms with Crippen molar-refractivity contribution in [2.45, 2.75) is 50.4 Å². The third-order valence-electron chi connectivity index (χ3n) is 6.20. The van der Waals surface area contributed by atoms with Gasteiger partial charge in [0.15, 0.2) is 5.16 Å². The molecule has 6 nitrogen and oxygen atoms in total. The summed E-state index contributed by atoms with van der Waals surface area (Å²) in [6.45, 7) is 4.09. The van der Waals surface area contributed by atoms with Crippen LogP contribution in [-0.2, 0) is 18.6 Å². The highest BCUT2D eigenvalue weighted by Crippen LogP contribution is 2.36. The SMILES string of the molecule is Cc1ccc(-n2c(SCc3cccc([N+](=O)[O-])c3)nc3sc4c(c3c2=O)CCCC4)cc1C. The number of nitro benzene ring substituents is 1. The van der Waals surface area contributed by atoms with Crippen LogP contribution in [-0.4, -0.2) is 14.5 Å². The van der Waals surface area contributed by atoms with E-state index in [4.69, 9.17) is 4.98 Å². The average molecular weight is 478 g/mol. The second-order valence-corrected chi connectivity index (χ2v) is 10.4. The number of rotatable bonds is 5. The molecule has 0 radical (unpaired) electrons. The Morgan fingerprint density at radius 3 is 2.73 bits per heavy atom. The van der Waals surface area contributed by atoms with Gasteiger partial charge in [-0.1, -0.05) is 30.0 Å². The molecule has 168 valence electrons. The zero-order valence-electron chi connectivity index (χ0n) is 18.5. The Balaban J connectivity index is 1.64. The lowest BCUT2D eigenvalue weighted by atomic mass is 9.97. The van der Waals surface area contributed by atoms with E-state index >= 15 is 0 Å². The van der Waals surface area contributed by atoms with Gasteiger partial charge >= 0.3 is 0 Å². The molecule has 8 heteroatoms. The number of aromatic nitrogens is 2. The van der Waals surface area contributed by atoms with Crippen LogP contribution in [0, 0.1) is 24.0 Å². The number of hydrogen-bond donors (Lipinski definition) is 0. The van der Waals surface area contributed by atoms with Gasteiger partial charge < -0.3 is 0 Å². The standard InChI is InChI=1S/C25H23N3O3S2/c1-15-10-11-18(12-16(15)2)27-24(29)22-20-8-3-4-9-21(20)33-23(22)26-25(27)32-14-17-6-5-7-19(13-17)28(30)31/h5-7,10-13H,3-4,8-9,14H2,1-2H3. The van der Waals surface area contributed by atoms with Gasteiger partial charge in [-0.15, -0.1) is 11.3 Å². The Hall–Kier alpha value is -2.97. The average Bonchev–Trinajstić information content (AvgIpc) is 3.18. The maximum Gasteiger partial charge on any atom is 0.269 e. The molecule has 5 rings (SSSR count). The minimum Gasteiger partial charge on any atom is -0.268 e. The van der Waals surface area contributed by atoms with Crippen LogP contribution in [0.2, 0.25) is 0 Å². The van der Waals surface area contributed by atoms with Gasteiger partial charge in [-0.25, -0.2) is 4.98 Å². The smallest absolute Gasteiger partial charge is 0.268 e. The molecule has 0 bridgehead atoms. The van der Waals surface area contributed by atoms with Crippen molar-refractivity contribution < 1.29 is 4.92 Å². The molecule has 0 saturated heterocycles. The lowest BCUT2D eigenvalue weighted by Gasteiger charge is -2.14. The molecule has 2 aromatic carbocycles. The van der Waals surface area contributed by atoms with Gasteiger partial charge in [0, 0.05) is 22.8 Å². The molecule has 2 heterocycles. The number of aryl methyl sites for hydroxylation is 4. The number of nitrogens with zero attached hydrogens (tertiary/aromatic N) is 3. The molecule has 2 aromatic heterocycles. The molecule has 0 N–H and O–H groups in total. The molecule has 0 fully saturated rings. The van der Waals surface area contributed by atoms with Crippen LogP contribution in [0.25, 0.3) is 15.9 Å². The first kappa shape index (κ1) is 21.9. The maximum atomic E-state index is 13.9. The van der Waals surface area contributed by atoms with E-state index in [1.165, 1.54) is 33.8 Å². The minimum atomic E-state index is -0.389. The molecule has 0 amide bonds. The number of nitro groups is 1. The number of hydrogen-bond acceptors (Lipinski definition) is 6. The van der Waals surface area contributed by atoms with E-state index in [-0.39, 0.29) is 16.2 Å².